The first-order valence-corrected chi connectivity index (χ1v) is 10.1. The highest BCUT2D eigenvalue weighted by molar-refractivity contribution is 7.23. The van der Waals surface area contributed by atoms with Crippen molar-refractivity contribution in [1.29, 1.82) is 0 Å². The Kier molecular flexibility index (Phi) is 4.14. The van der Waals surface area contributed by atoms with Gasteiger partial charge in [0.15, 0.2) is 4.96 Å². The molecule has 29 heavy (non-hydrogen) atoms. The Morgan fingerprint density at radius 1 is 1.03 bits per heavy atom. The third-order valence-corrected chi connectivity index (χ3v) is 5.86. The molecule has 0 saturated heterocycles. The molecule has 2 heterocycles. The van der Waals surface area contributed by atoms with Crippen molar-refractivity contribution >= 4 is 38.0 Å². The minimum atomic E-state index is 0.218. The maximum atomic E-state index is 9.98. The van der Waals surface area contributed by atoms with Crippen LogP contribution in [-0.4, -0.2) is 21.6 Å². The van der Waals surface area contributed by atoms with Crippen LogP contribution in [0.2, 0.25) is 0 Å². The number of ether oxygens (including phenoxy) is 1. The minimum Gasteiger partial charge on any atom is -0.508 e. The van der Waals surface area contributed by atoms with Crippen molar-refractivity contribution in [2.24, 2.45) is 0 Å². The van der Waals surface area contributed by atoms with Gasteiger partial charge in [-0.25, -0.2) is 4.98 Å². The van der Waals surface area contributed by atoms with Crippen LogP contribution >= 0.6 is 11.3 Å². The summed E-state index contributed by atoms with van der Waals surface area (Å²) < 4.78 is 8.60. The monoisotopic (exact) mass is 401 g/mol. The molecule has 0 amide bonds. The normalized spacial score (nSPS) is 11.2. The van der Waals surface area contributed by atoms with Crippen molar-refractivity contribution in [1.82, 2.24) is 9.38 Å². The molecule has 144 valence electrons. The lowest BCUT2D eigenvalue weighted by Gasteiger charge is -2.10. The van der Waals surface area contributed by atoms with E-state index >= 15 is 0 Å². The quantitative estimate of drug-likeness (QED) is 0.389. The number of anilines is 2. The third kappa shape index (κ3) is 3.07. The van der Waals surface area contributed by atoms with E-state index in [1.54, 1.807) is 30.6 Å². The van der Waals surface area contributed by atoms with Crippen LogP contribution in [0.15, 0.2) is 66.7 Å². The highest BCUT2D eigenvalue weighted by Crippen LogP contribution is 2.39. The molecule has 2 N–H and O–H groups in total. The lowest BCUT2D eigenvalue weighted by molar-refractivity contribution is 0.415. The highest BCUT2D eigenvalue weighted by atomic mass is 32.1. The van der Waals surface area contributed by atoms with Gasteiger partial charge in [-0.3, -0.25) is 4.40 Å². The third-order valence-electron chi connectivity index (χ3n) is 4.86. The number of aromatic nitrogens is 2. The van der Waals surface area contributed by atoms with Crippen LogP contribution in [0.5, 0.6) is 11.5 Å². The molecule has 0 saturated carbocycles. The smallest absolute Gasteiger partial charge is 0.197 e. The molecule has 5 nitrogen and oxygen atoms in total. The number of nitrogens with one attached hydrogen (secondary N) is 1. The van der Waals surface area contributed by atoms with Crippen molar-refractivity contribution in [3.8, 4) is 22.8 Å². The number of aryl methyl sites for hydroxylation is 1. The first-order valence-electron chi connectivity index (χ1n) is 9.24. The Morgan fingerprint density at radius 2 is 1.90 bits per heavy atom. The van der Waals surface area contributed by atoms with Gasteiger partial charge in [0.2, 0.25) is 0 Å². The number of hydrogen-bond acceptors (Lipinski definition) is 5. The predicted octanol–water partition coefficient (Wildman–Crippen LogP) is 5.98. The average molecular weight is 401 g/mol. The molecule has 0 atom stereocenters. The van der Waals surface area contributed by atoms with Crippen LogP contribution in [-0.2, 0) is 0 Å². The van der Waals surface area contributed by atoms with Crippen LogP contribution in [0.25, 0.3) is 26.4 Å². The van der Waals surface area contributed by atoms with Gasteiger partial charge in [0.1, 0.15) is 23.0 Å². The zero-order valence-corrected chi connectivity index (χ0v) is 16.8. The molecular weight excluding hydrogens is 382 g/mol. The van der Waals surface area contributed by atoms with Gasteiger partial charge in [0, 0.05) is 11.3 Å². The van der Waals surface area contributed by atoms with Crippen LogP contribution < -0.4 is 10.1 Å². The number of hydrogen-bond donors (Lipinski definition) is 2. The molecule has 0 unspecified atom stereocenters. The van der Waals surface area contributed by atoms with Crippen LogP contribution in [0.1, 0.15) is 5.56 Å². The number of nitrogens with zero attached hydrogens (tertiary/aromatic N) is 2. The maximum absolute atomic E-state index is 9.98. The van der Waals surface area contributed by atoms with E-state index in [1.807, 2.05) is 42.5 Å². The van der Waals surface area contributed by atoms with Gasteiger partial charge in [-0.2, -0.15) is 0 Å². The maximum Gasteiger partial charge on any atom is 0.197 e. The molecule has 3 aromatic carbocycles. The largest absolute Gasteiger partial charge is 0.508 e. The van der Waals surface area contributed by atoms with E-state index in [-0.39, 0.29) is 5.75 Å². The summed E-state index contributed by atoms with van der Waals surface area (Å²) in [6, 6.07) is 21.5. The number of imidazole rings is 1. The fourth-order valence-corrected chi connectivity index (χ4v) is 4.56. The predicted molar refractivity (Wildman–Crippen MR) is 119 cm³/mol. The molecule has 5 rings (SSSR count). The van der Waals surface area contributed by atoms with Gasteiger partial charge in [0.05, 0.1) is 17.3 Å². The van der Waals surface area contributed by atoms with Gasteiger partial charge in [0.25, 0.3) is 0 Å². The molecule has 0 aliphatic rings. The molecule has 2 aromatic heterocycles. The van der Waals surface area contributed by atoms with Gasteiger partial charge >= 0.3 is 0 Å². The van der Waals surface area contributed by atoms with Crippen molar-refractivity contribution in [2.45, 2.75) is 6.92 Å². The van der Waals surface area contributed by atoms with Crippen LogP contribution in [0.3, 0.4) is 0 Å². The van der Waals surface area contributed by atoms with E-state index in [2.05, 4.69) is 28.8 Å². The summed E-state index contributed by atoms with van der Waals surface area (Å²) in [6.45, 7) is 2.07. The molecule has 0 aliphatic carbocycles. The second-order valence-corrected chi connectivity index (χ2v) is 7.92. The number of fused-ring (bicyclic) bond motifs is 3. The minimum absolute atomic E-state index is 0.218. The Balaban J connectivity index is 1.77. The van der Waals surface area contributed by atoms with E-state index in [1.165, 1.54) is 5.56 Å². The number of aromatic hydroxyl groups is 1. The van der Waals surface area contributed by atoms with E-state index in [4.69, 9.17) is 9.72 Å². The lowest BCUT2D eigenvalue weighted by atomic mass is 10.1. The van der Waals surface area contributed by atoms with E-state index in [0.717, 1.165) is 43.7 Å². The highest BCUT2D eigenvalue weighted by Gasteiger charge is 2.19. The molecule has 6 heteroatoms. The summed E-state index contributed by atoms with van der Waals surface area (Å²) in [5, 5.41) is 13.5. The first-order chi connectivity index (χ1) is 14.1. The number of thiazole rings is 1. The fourth-order valence-electron chi connectivity index (χ4n) is 3.51. The Labute approximate surface area is 171 Å². The number of benzene rings is 3. The number of phenolic OH excluding ortho intramolecular Hbond substituents is 1. The molecule has 0 bridgehead atoms. The van der Waals surface area contributed by atoms with Crippen LogP contribution in [0.4, 0.5) is 11.5 Å². The summed E-state index contributed by atoms with van der Waals surface area (Å²) in [5.41, 5.74) is 4.87. The van der Waals surface area contributed by atoms with Crippen molar-refractivity contribution in [2.75, 3.05) is 12.4 Å². The van der Waals surface area contributed by atoms with E-state index in [9.17, 15) is 5.11 Å². The number of rotatable bonds is 4. The molecule has 5 aromatic rings. The fraction of sp³-hybridized carbons (Fsp3) is 0.0870. The Morgan fingerprint density at radius 3 is 2.69 bits per heavy atom. The summed E-state index contributed by atoms with van der Waals surface area (Å²) >= 11 is 1.61. The molecule has 0 spiro atoms. The van der Waals surface area contributed by atoms with E-state index < -0.39 is 0 Å². The van der Waals surface area contributed by atoms with Gasteiger partial charge in [-0.1, -0.05) is 35.6 Å². The molecule has 0 aliphatic heterocycles. The summed E-state index contributed by atoms with van der Waals surface area (Å²) in [5.74, 6) is 1.91. The number of methoxy groups -OCH3 is 1. The molecular formula is C23H19N3O2S. The van der Waals surface area contributed by atoms with Gasteiger partial charge in [-0.05, 0) is 55.0 Å². The SMILES string of the molecule is COc1ccc2c(c1)sc1nc(-c3cccc(O)c3)c(Nc3cccc(C)c3)n12. The summed E-state index contributed by atoms with van der Waals surface area (Å²) in [6.07, 6.45) is 0. The van der Waals surface area contributed by atoms with Crippen molar-refractivity contribution in [3.63, 3.8) is 0 Å². The van der Waals surface area contributed by atoms with E-state index in [0.29, 0.717) is 0 Å². The zero-order chi connectivity index (χ0) is 20.0. The lowest BCUT2D eigenvalue weighted by Crippen LogP contribution is -1.97. The zero-order valence-electron chi connectivity index (χ0n) is 16.0. The topological polar surface area (TPSA) is 58.8 Å². The van der Waals surface area contributed by atoms with Gasteiger partial charge in [-0.15, -0.1) is 0 Å². The van der Waals surface area contributed by atoms with Crippen molar-refractivity contribution < 1.29 is 9.84 Å². The average Bonchev–Trinajstić information content (AvgIpc) is 3.24. The number of phenols is 1. The second kappa shape index (κ2) is 6.83. The Hall–Kier alpha value is -3.51. The summed E-state index contributed by atoms with van der Waals surface area (Å²) in [7, 11) is 1.67. The molecule has 0 radical (unpaired) electrons. The van der Waals surface area contributed by atoms with Crippen LogP contribution in [0, 0.1) is 6.92 Å². The second-order valence-electron chi connectivity index (χ2n) is 6.91. The molecule has 0 fully saturated rings. The summed E-state index contributed by atoms with van der Waals surface area (Å²) in [4.78, 5) is 5.78. The van der Waals surface area contributed by atoms with Crippen molar-refractivity contribution in [3.05, 3.63) is 72.3 Å². The Bertz CT molecular complexity index is 1350. The first kappa shape index (κ1) is 17.6. The standard InChI is InChI=1S/C23H19N3O2S/c1-14-5-3-7-16(11-14)24-22-21(15-6-4-8-17(27)12-15)25-23-26(22)19-10-9-18(28-2)13-20(19)29-23/h3-13,24,27H,1-2H3. The van der Waals surface area contributed by atoms with Gasteiger partial charge < -0.3 is 15.2 Å².